The molecule has 0 bridgehead atoms. The van der Waals surface area contributed by atoms with Crippen molar-refractivity contribution in [2.75, 3.05) is 33.3 Å². The predicted molar refractivity (Wildman–Crippen MR) is 129 cm³/mol. The summed E-state index contributed by atoms with van der Waals surface area (Å²) >= 11 is 1.43. The quantitative estimate of drug-likeness (QED) is 0.358. The molecule has 0 atom stereocenters. The van der Waals surface area contributed by atoms with Gasteiger partial charge >= 0.3 is 0 Å². The van der Waals surface area contributed by atoms with Crippen LogP contribution >= 0.6 is 11.3 Å². The number of carbonyl (C=O) groups is 1. The number of hydrogen-bond acceptors (Lipinski definition) is 7. The average molecular weight is 465 g/mol. The topological polar surface area (TPSA) is 70.1 Å². The van der Waals surface area contributed by atoms with Gasteiger partial charge in [0.05, 0.1) is 45.2 Å². The van der Waals surface area contributed by atoms with Crippen LogP contribution in [0.5, 0.6) is 23.0 Å². The van der Waals surface area contributed by atoms with Crippen molar-refractivity contribution in [1.82, 2.24) is 4.98 Å². The van der Waals surface area contributed by atoms with E-state index >= 15 is 0 Å². The van der Waals surface area contributed by atoms with Crippen LogP contribution < -0.4 is 23.8 Å². The van der Waals surface area contributed by atoms with Crippen LogP contribution in [0, 0.1) is 0 Å². The highest BCUT2D eigenvalue weighted by Gasteiger charge is 2.25. The summed E-state index contributed by atoms with van der Waals surface area (Å²) in [4.78, 5) is 20.2. The number of fused-ring (bicyclic) bond motifs is 1. The highest BCUT2D eigenvalue weighted by molar-refractivity contribution is 7.22. The zero-order valence-corrected chi connectivity index (χ0v) is 19.6. The maximum atomic E-state index is 13.8. The van der Waals surface area contributed by atoms with Gasteiger partial charge in [-0.2, -0.15) is 0 Å². The fourth-order valence-corrected chi connectivity index (χ4v) is 4.48. The van der Waals surface area contributed by atoms with Crippen LogP contribution in [0.15, 0.2) is 60.7 Å². The number of rotatable bonds is 8. The highest BCUT2D eigenvalue weighted by atomic mass is 32.1. The molecule has 0 saturated carbocycles. The Labute approximate surface area is 196 Å². The molecule has 0 fully saturated rings. The SMILES string of the molecule is COc1ccc2nc(N(Cc3ccccc3)C(=O)c3cc(OC)c(OC)c(OC)c3)sc2c1. The first-order valence-electron chi connectivity index (χ1n) is 10.2. The van der Waals surface area contributed by atoms with Crippen molar-refractivity contribution < 1.29 is 23.7 Å². The summed E-state index contributed by atoms with van der Waals surface area (Å²) in [6.45, 7) is 0.354. The molecule has 0 aliphatic carbocycles. The third-order valence-corrected chi connectivity index (χ3v) is 6.20. The van der Waals surface area contributed by atoms with Crippen molar-refractivity contribution >= 4 is 32.6 Å². The van der Waals surface area contributed by atoms with Crippen LogP contribution in [0.3, 0.4) is 0 Å². The van der Waals surface area contributed by atoms with E-state index in [-0.39, 0.29) is 5.91 Å². The number of aromatic nitrogens is 1. The Balaban J connectivity index is 1.81. The van der Waals surface area contributed by atoms with Crippen LogP contribution in [-0.2, 0) is 6.54 Å². The Morgan fingerprint density at radius 2 is 1.58 bits per heavy atom. The van der Waals surface area contributed by atoms with Crippen molar-refractivity contribution in [3.8, 4) is 23.0 Å². The molecule has 33 heavy (non-hydrogen) atoms. The number of benzene rings is 3. The van der Waals surface area contributed by atoms with Gasteiger partial charge in [0, 0.05) is 5.56 Å². The molecular weight excluding hydrogens is 440 g/mol. The average Bonchev–Trinajstić information content (AvgIpc) is 3.29. The molecule has 7 nitrogen and oxygen atoms in total. The maximum Gasteiger partial charge on any atom is 0.260 e. The summed E-state index contributed by atoms with van der Waals surface area (Å²) in [6.07, 6.45) is 0. The molecule has 170 valence electrons. The summed E-state index contributed by atoms with van der Waals surface area (Å²) in [5, 5.41) is 0.584. The van der Waals surface area contributed by atoms with Crippen molar-refractivity contribution in [3.63, 3.8) is 0 Å². The van der Waals surface area contributed by atoms with Crippen molar-refractivity contribution in [3.05, 3.63) is 71.8 Å². The van der Waals surface area contributed by atoms with Gasteiger partial charge in [-0.3, -0.25) is 9.69 Å². The predicted octanol–water partition coefficient (Wildman–Crippen LogP) is 5.18. The molecule has 4 rings (SSSR count). The molecule has 0 saturated heterocycles. The highest BCUT2D eigenvalue weighted by Crippen LogP contribution is 2.39. The van der Waals surface area contributed by atoms with Gasteiger partial charge in [-0.05, 0) is 35.9 Å². The number of thiazole rings is 1. The van der Waals surface area contributed by atoms with Crippen LogP contribution in [0.2, 0.25) is 0 Å². The normalized spacial score (nSPS) is 10.7. The van der Waals surface area contributed by atoms with Crippen LogP contribution in [0.25, 0.3) is 10.2 Å². The third-order valence-electron chi connectivity index (χ3n) is 5.16. The van der Waals surface area contributed by atoms with Gasteiger partial charge < -0.3 is 18.9 Å². The van der Waals surface area contributed by atoms with E-state index in [1.54, 1.807) is 24.1 Å². The van der Waals surface area contributed by atoms with Gasteiger partial charge in [0.15, 0.2) is 16.6 Å². The summed E-state index contributed by atoms with van der Waals surface area (Å²) in [6, 6.07) is 18.8. The molecule has 0 N–H and O–H groups in total. The van der Waals surface area contributed by atoms with Crippen LogP contribution in [0.4, 0.5) is 5.13 Å². The lowest BCUT2D eigenvalue weighted by molar-refractivity contribution is 0.0984. The van der Waals surface area contributed by atoms with E-state index in [2.05, 4.69) is 0 Å². The fraction of sp³-hybridized carbons (Fsp3) is 0.200. The van der Waals surface area contributed by atoms with Gasteiger partial charge in [0.2, 0.25) is 5.75 Å². The van der Waals surface area contributed by atoms with Crippen LogP contribution in [0.1, 0.15) is 15.9 Å². The monoisotopic (exact) mass is 464 g/mol. The second kappa shape index (κ2) is 9.79. The number of anilines is 1. The lowest BCUT2D eigenvalue weighted by atomic mass is 10.1. The van der Waals surface area contributed by atoms with Crippen molar-refractivity contribution in [1.29, 1.82) is 0 Å². The third kappa shape index (κ3) is 4.56. The van der Waals surface area contributed by atoms with Gasteiger partial charge in [-0.25, -0.2) is 4.98 Å². The first-order valence-corrected chi connectivity index (χ1v) is 11.0. The Morgan fingerprint density at radius 1 is 0.879 bits per heavy atom. The number of methoxy groups -OCH3 is 4. The largest absolute Gasteiger partial charge is 0.497 e. The summed E-state index contributed by atoms with van der Waals surface area (Å²) < 4.78 is 22.6. The molecule has 0 aliphatic rings. The van der Waals surface area contributed by atoms with Gasteiger partial charge in [-0.15, -0.1) is 0 Å². The molecule has 1 heterocycles. The lowest BCUT2D eigenvalue weighted by Crippen LogP contribution is -2.30. The number of hydrogen-bond donors (Lipinski definition) is 0. The molecule has 0 spiro atoms. The Kier molecular flexibility index (Phi) is 6.65. The van der Waals surface area contributed by atoms with E-state index in [0.29, 0.717) is 34.5 Å². The van der Waals surface area contributed by atoms with Gasteiger partial charge in [-0.1, -0.05) is 41.7 Å². The van der Waals surface area contributed by atoms with E-state index in [1.807, 2.05) is 48.5 Å². The molecule has 4 aromatic rings. The summed E-state index contributed by atoms with van der Waals surface area (Å²) in [5.74, 6) is 1.76. The van der Waals surface area contributed by atoms with E-state index in [1.165, 1.54) is 32.7 Å². The summed E-state index contributed by atoms with van der Waals surface area (Å²) in [5.41, 5.74) is 2.18. The second-order valence-electron chi connectivity index (χ2n) is 7.12. The zero-order chi connectivity index (χ0) is 23.4. The Hall–Kier alpha value is -3.78. The molecular formula is C25H24N2O5S. The first-order chi connectivity index (χ1) is 16.1. The lowest BCUT2D eigenvalue weighted by Gasteiger charge is -2.21. The maximum absolute atomic E-state index is 13.8. The molecule has 3 aromatic carbocycles. The van der Waals surface area contributed by atoms with Crippen LogP contribution in [-0.4, -0.2) is 39.3 Å². The molecule has 8 heteroatoms. The second-order valence-corrected chi connectivity index (χ2v) is 8.13. The van der Waals surface area contributed by atoms with E-state index in [4.69, 9.17) is 23.9 Å². The number of ether oxygens (including phenoxy) is 4. The first kappa shape index (κ1) is 22.4. The minimum Gasteiger partial charge on any atom is -0.497 e. The number of carbonyl (C=O) groups excluding carboxylic acids is 1. The van der Waals surface area contributed by atoms with Crippen molar-refractivity contribution in [2.45, 2.75) is 6.54 Å². The Bertz CT molecular complexity index is 1250. The standard InChI is InChI=1S/C25H24N2O5S/c1-29-18-10-11-19-22(14-18)33-25(26-19)27(15-16-8-6-5-7-9-16)24(28)17-12-20(30-2)23(32-4)21(13-17)31-3/h5-14H,15H2,1-4H3. The van der Waals surface area contributed by atoms with Gasteiger partial charge in [0.1, 0.15) is 5.75 Å². The summed E-state index contributed by atoms with van der Waals surface area (Å²) in [7, 11) is 6.19. The van der Waals surface area contributed by atoms with E-state index in [9.17, 15) is 4.79 Å². The molecule has 0 radical (unpaired) electrons. The fourth-order valence-electron chi connectivity index (χ4n) is 3.49. The molecule has 0 aliphatic heterocycles. The van der Waals surface area contributed by atoms with E-state index < -0.39 is 0 Å². The van der Waals surface area contributed by atoms with E-state index in [0.717, 1.165) is 21.5 Å². The Morgan fingerprint density at radius 3 is 2.18 bits per heavy atom. The molecule has 1 amide bonds. The van der Waals surface area contributed by atoms with Gasteiger partial charge in [0.25, 0.3) is 5.91 Å². The zero-order valence-electron chi connectivity index (χ0n) is 18.8. The molecule has 1 aromatic heterocycles. The smallest absolute Gasteiger partial charge is 0.260 e. The number of nitrogens with zero attached hydrogens (tertiary/aromatic N) is 2. The molecule has 0 unspecified atom stereocenters. The number of amides is 1. The minimum absolute atomic E-state index is 0.232. The minimum atomic E-state index is -0.232. The van der Waals surface area contributed by atoms with Crippen molar-refractivity contribution in [2.24, 2.45) is 0 Å².